The quantitative estimate of drug-likeness (QED) is 0.578. The Morgan fingerprint density at radius 3 is 2.71 bits per heavy atom. The van der Waals surface area contributed by atoms with Crippen LogP contribution in [0.25, 0.3) is 0 Å². The van der Waals surface area contributed by atoms with Gasteiger partial charge in [0.2, 0.25) is 5.91 Å². The van der Waals surface area contributed by atoms with Crippen molar-refractivity contribution in [3.63, 3.8) is 0 Å². The maximum absolute atomic E-state index is 12.2. The standard InChI is InChI=1S/C21H34N6O/c1-4-22-21(25-18-9-12-27(15-18)20(28)16(2)3)24-14-17-7-8-19(23-13-17)26-10-5-6-11-26/h7-8,13,16,18H,4-6,9-12,14-15H2,1-3H3,(H2,22,24,25). The second-order valence-electron chi connectivity index (χ2n) is 7.98. The number of amides is 1. The largest absolute Gasteiger partial charge is 0.357 e. The van der Waals surface area contributed by atoms with E-state index in [0.717, 1.165) is 56.5 Å². The predicted molar refractivity (Wildman–Crippen MR) is 113 cm³/mol. The van der Waals surface area contributed by atoms with Gasteiger partial charge in [-0.25, -0.2) is 9.98 Å². The zero-order valence-corrected chi connectivity index (χ0v) is 17.4. The molecule has 3 rings (SSSR count). The smallest absolute Gasteiger partial charge is 0.225 e. The van der Waals surface area contributed by atoms with Gasteiger partial charge in [0.05, 0.1) is 6.54 Å². The van der Waals surface area contributed by atoms with Crippen LogP contribution in [-0.2, 0) is 11.3 Å². The van der Waals surface area contributed by atoms with E-state index in [2.05, 4.69) is 39.6 Å². The first-order valence-electron chi connectivity index (χ1n) is 10.6. The van der Waals surface area contributed by atoms with Gasteiger partial charge < -0.3 is 20.4 Å². The van der Waals surface area contributed by atoms with Gasteiger partial charge in [-0.1, -0.05) is 19.9 Å². The topological polar surface area (TPSA) is 72.9 Å². The van der Waals surface area contributed by atoms with Crippen LogP contribution in [0.5, 0.6) is 0 Å². The minimum Gasteiger partial charge on any atom is -0.357 e. The average Bonchev–Trinajstić information content (AvgIpc) is 3.38. The molecule has 0 aromatic carbocycles. The number of carbonyl (C=O) groups is 1. The van der Waals surface area contributed by atoms with Crippen molar-refractivity contribution in [1.82, 2.24) is 20.5 Å². The summed E-state index contributed by atoms with van der Waals surface area (Å²) in [6, 6.07) is 4.46. The van der Waals surface area contributed by atoms with Gasteiger partial charge in [-0.05, 0) is 37.8 Å². The number of rotatable bonds is 6. The van der Waals surface area contributed by atoms with Crippen molar-refractivity contribution in [2.45, 2.75) is 52.6 Å². The lowest BCUT2D eigenvalue weighted by molar-refractivity contribution is -0.133. The Hall–Kier alpha value is -2.31. The third-order valence-corrected chi connectivity index (χ3v) is 5.34. The van der Waals surface area contributed by atoms with E-state index in [1.807, 2.05) is 24.9 Å². The molecule has 0 aliphatic carbocycles. The van der Waals surface area contributed by atoms with Gasteiger partial charge in [0.1, 0.15) is 5.82 Å². The lowest BCUT2D eigenvalue weighted by Crippen LogP contribution is -2.45. The fourth-order valence-electron chi connectivity index (χ4n) is 3.77. The number of anilines is 1. The van der Waals surface area contributed by atoms with Crippen LogP contribution in [0.4, 0.5) is 5.82 Å². The Kier molecular flexibility index (Phi) is 7.12. The highest BCUT2D eigenvalue weighted by atomic mass is 16.2. The van der Waals surface area contributed by atoms with Gasteiger partial charge in [-0.3, -0.25) is 4.79 Å². The van der Waals surface area contributed by atoms with Crippen molar-refractivity contribution in [2.24, 2.45) is 10.9 Å². The first kappa shape index (κ1) is 20.4. The first-order valence-corrected chi connectivity index (χ1v) is 10.6. The lowest BCUT2D eigenvalue weighted by atomic mass is 10.2. The number of carbonyl (C=O) groups excluding carboxylic acids is 1. The summed E-state index contributed by atoms with van der Waals surface area (Å²) in [7, 11) is 0. The average molecular weight is 387 g/mol. The van der Waals surface area contributed by atoms with Crippen LogP contribution in [0, 0.1) is 5.92 Å². The molecule has 2 aliphatic rings. The van der Waals surface area contributed by atoms with Crippen molar-refractivity contribution in [2.75, 3.05) is 37.6 Å². The molecule has 7 heteroatoms. The molecular weight excluding hydrogens is 352 g/mol. The summed E-state index contributed by atoms with van der Waals surface area (Å²) in [5.74, 6) is 2.15. The van der Waals surface area contributed by atoms with E-state index in [0.29, 0.717) is 6.54 Å². The van der Waals surface area contributed by atoms with Crippen LogP contribution in [0.15, 0.2) is 23.3 Å². The summed E-state index contributed by atoms with van der Waals surface area (Å²) in [6.07, 6.45) is 5.40. The van der Waals surface area contributed by atoms with E-state index in [-0.39, 0.29) is 17.9 Å². The number of hydrogen-bond acceptors (Lipinski definition) is 4. The highest BCUT2D eigenvalue weighted by Gasteiger charge is 2.27. The van der Waals surface area contributed by atoms with Crippen molar-refractivity contribution in [1.29, 1.82) is 0 Å². The first-order chi connectivity index (χ1) is 13.6. The summed E-state index contributed by atoms with van der Waals surface area (Å²) in [6.45, 7) is 11.1. The Labute approximate surface area is 168 Å². The Morgan fingerprint density at radius 1 is 1.29 bits per heavy atom. The minimum atomic E-state index is 0.0525. The molecule has 0 saturated carbocycles. The van der Waals surface area contributed by atoms with Gasteiger partial charge >= 0.3 is 0 Å². The molecule has 0 radical (unpaired) electrons. The number of pyridine rings is 1. The van der Waals surface area contributed by atoms with Gasteiger partial charge in [0.15, 0.2) is 5.96 Å². The molecule has 1 aromatic rings. The number of guanidine groups is 1. The molecule has 2 fully saturated rings. The molecular formula is C21H34N6O. The Bertz CT molecular complexity index is 666. The third-order valence-electron chi connectivity index (χ3n) is 5.34. The molecule has 1 amide bonds. The molecule has 2 N–H and O–H groups in total. The molecule has 0 spiro atoms. The molecule has 3 heterocycles. The van der Waals surface area contributed by atoms with Crippen LogP contribution in [0.1, 0.15) is 45.6 Å². The molecule has 0 bridgehead atoms. The van der Waals surface area contributed by atoms with Gasteiger partial charge in [0.25, 0.3) is 0 Å². The fraction of sp³-hybridized carbons (Fsp3) is 0.667. The second-order valence-corrected chi connectivity index (χ2v) is 7.98. The van der Waals surface area contributed by atoms with E-state index >= 15 is 0 Å². The Morgan fingerprint density at radius 2 is 2.07 bits per heavy atom. The maximum atomic E-state index is 12.2. The summed E-state index contributed by atoms with van der Waals surface area (Å²) >= 11 is 0. The maximum Gasteiger partial charge on any atom is 0.225 e. The van der Waals surface area contributed by atoms with E-state index in [1.165, 1.54) is 12.8 Å². The lowest BCUT2D eigenvalue weighted by Gasteiger charge is -2.20. The number of aromatic nitrogens is 1. The third kappa shape index (κ3) is 5.36. The van der Waals surface area contributed by atoms with Crippen LogP contribution >= 0.6 is 0 Å². The summed E-state index contributed by atoms with van der Waals surface area (Å²) in [4.78, 5) is 25.8. The molecule has 1 unspecified atom stereocenters. The fourth-order valence-corrected chi connectivity index (χ4v) is 3.77. The number of hydrogen-bond donors (Lipinski definition) is 2. The van der Waals surface area contributed by atoms with Gasteiger partial charge in [-0.2, -0.15) is 0 Å². The van der Waals surface area contributed by atoms with Crippen LogP contribution in [-0.4, -0.2) is 60.5 Å². The summed E-state index contributed by atoms with van der Waals surface area (Å²) in [5.41, 5.74) is 1.10. The Balaban J connectivity index is 1.54. The van der Waals surface area contributed by atoms with E-state index in [9.17, 15) is 4.79 Å². The van der Waals surface area contributed by atoms with Crippen LogP contribution < -0.4 is 15.5 Å². The van der Waals surface area contributed by atoms with E-state index in [4.69, 9.17) is 4.99 Å². The summed E-state index contributed by atoms with van der Waals surface area (Å²) in [5, 5.41) is 6.79. The highest BCUT2D eigenvalue weighted by Crippen LogP contribution is 2.18. The van der Waals surface area contributed by atoms with Crippen molar-refractivity contribution >= 4 is 17.7 Å². The van der Waals surface area contributed by atoms with Crippen molar-refractivity contribution < 1.29 is 4.79 Å². The number of aliphatic imine (C=N–C) groups is 1. The number of nitrogens with zero attached hydrogens (tertiary/aromatic N) is 4. The molecule has 28 heavy (non-hydrogen) atoms. The predicted octanol–water partition coefficient (Wildman–Crippen LogP) is 1.99. The normalized spacial score (nSPS) is 20.1. The van der Waals surface area contributed by atoms with E-state index < -0.39 is 0 Å². The minimum absolute atomic E-state index is 0.0525. The van der Waals surface area contributed by atoms with Gasteiger partial charge in [-0.15, -0.1) is 0 Å². The van der Waals surface area contributed by atoms with Crippen LogP contribution in [0.3, 0.4) is 0 Å². The summed E-state index contributed by atoms with van der Waals surface area (Å²) < 4.78 is 0. The zero-order valence-electron chi connectivity index (χ0n) is 17.4. The zero-order chi connectivity index (χ0) is 19.9. The molecule has 2 saturated heterocycles. The van der Waals surface area contributed by atoms with Crippen molar-refractivity contribution in [3.8, 4) is 0 Å². The molecule has 2 aliphatic heterocycles. The monoisotopic (exact) mass is 386 g/mol. The second kappa shape index (κ2) is 9.75. The van der Waals surface area contributed by atoms with Crippen LogP contribution in [0.2, 0.25) is 0 Å². The molecule has 154 valence electrons. The molecule has 1 aromatic heterocycles. The van der Waals surface area contributed by atoms with E-state index in [1.54, 1.807) is 0 Å². The van der Waals surface area contributed by atoms with Crippen molar-refractivity contribution in [3.05, 3.63) is 23.9 Å². The van der Waals surface area contributed by atoms with Gasteiger partial charge in [0, 0.05) is 50.9 Å². The number of likely N-dealkylation sites (tertiary alicyclic amines) is 1. The highest BCUT2D eigenvalue weighted by molar-refractivity contribution is 5.81. The molecule has 7 nitrogen and oxygen atoms in total. The number of nitrogens with one attached hydrogen (secondary N) is 2. The molecule has 1 atom stereocenters. The SMILES string of the molecule is CCNC(=NCc1ccc(N2CCCC2)nc1)NC1CCN(C(=O)C(C)C)C1.